The normalized spacial score (nSPS) is 10.3. The lowest BCUT2D eigenvalue weighted by Crippen LogP contribution is -2.41. The summed E-state index contributed by atoms with van der Waals surface area (Å²) in [6, 6.07) is 8.32. The number of carboxylic acid groups (broad SMARTS) is 1. The molecule has 21 heavy (non-hydrogen) atoms. The van der Waals surface area contributed by atoms with Crippen molar-refractivity contribution in [2.24, 2.45) is 5.73 Å². The predicted molar refractivity (Wildman–Crippen MR) is 74.5 cm³/mol. The van der Waals surface area contributed by atoms with Gasteiger partial charge in [0.1, 0.15) is 13.1 Å². The van der Waals surface area contributed by atoms with Gasteiger partial charge in [0.2, 0.25) is 5.91 Å². The van der Waals surface area contributed by atoms with E-state index in [0.29, 0.717) is 10.9 Å². The lowest BCUT2D eigenvalue weighted by molar-refractivity contribution is -0.138. The highest BCUT2D eigenvalue weighted by Gasteiger charge is 2.21. The van der Waals surface area contributed by atoms with Crippen molar-refractivity contribution in [3.05, 3.63) is 42.1 Å². The van der Waals surface area contributed by atoms with Gasteiger partial charge in [-0.15, -0.1) is 0 Å². The molecular weight excluding hydrogens is 274 g/mol. The van der Waals surface area contributed by atoms with Crippen LogP contribution in [0.1, 0.15) is 10.4 Å². The number of pyridine rings is 1. The Morgan fingerprint density at radius 1 is 1.14 bits per heavy atom. The van der Waals surface area contributed by atoms with E-state index in [1.54, 1.807) is 36.5 Å². The molecule has 0 saturated carbocycles. The van der Waals surface area contributed by atoms with Gasteiger partial charge >= 0.3 is 5.97 Å². The number of aromatic nitrogens is 1. The summed E-state index contributed by atoms with van der Waals surface area (Å²) in [7, 11) is 0. The van der Waals surface area contributed by atoms with Gasteiger partial charge in [-0.25, -0.2) is 0 Å². The van der Waals surface area contributed by atoms with E-state index in [-0.39, 0.29) is 5.56 Å². The van der Waals surface area contributed by atoms with Crippen LogP contribution >= 0.6 is 0 Å². The van der Waals surface area contributed by atoms with Crippen molar-refractivity contribution in [1.29, 1.82) is 0 Å². The molecule has 3 N–H and O–H groups in total. The van der Waals surface area contributed by atoms with Gasteiger partial charge in [0.05, 0.1) is 5.52 Å². The van der Waals surface area contributed by atoms with E-state index in [4.69, 9.17) is 10.8 Å². The first kappa shape index (κ1) is 14.4. The van der Waals surface area contributed by atoms with Gasteiger partial charge in [-0.05, 0) is 18.2 Å². The van der Waals surface area contributed by atoms with Gasteiger partial charge in [0.25, 0.3) is 5.91 Å². The van der Waals surface area contributed by atoms with Crippen LogP contribution in [0, 0.1) is 0 Å². The second-order valence-electron chi connectivity index (χ2n) is 4.40. The van der Waals surface area contributed by atoms with E-state index < -0.39 is 30.9 Å². The number of amides is 2. The van der Waals surface area contributed by atoms with Crippen LogP contribution in [0.25, 0.3) is 10.9 Å². The van der Waals surface area contributed by atoms with E-state index in [9.17, 15) is 14.4 Å². The molecule has 0 saturated heterocycles. The number of nitrogens with two attached hydrogens (primary N) is 1. The van der Waals surface area contributed by atoms with Crippen LogP contribution in [-0.4, -0.2) is 45.9 Å². The third-order valence-electron chi connectivity index (χ3n) is 2.84. The molecule has 0 atom stereocenters. The molecule has 2 rings (SSSR count). The Bertz CT molecular complexity index is 693. The summed E-state index contributed by atoms with van der Waals surface area (Å²) >= 11 is 0. The van der Waals surface area contributed by atoms with Crippen LogP contribution in [-0.2, 0) is 9.59 Å². The largest absolute Gasteiger partial charge is 0.480 e. The van der Waals surface area contributed by atoms with Gasteiger partial charge in [0.15, 0.2) is 0 Å². The SMILES string of the molecule is NC(=O)CN(CC(=O)O)C(=O)c1cccc2ncccc12. The fourth-order valence-electron chi connectivity index (χ4n) is 2.01. The number of carboxylic acids is 1. The number of hydrogen-bond acceptors (Lipinski definition) is 4. The highest BCUT2D eigenvalue weighted by molar-refractivity contribution is 6.07. The first-order valence-electron chi connectivity index (χ1n) is 6.12. The Labute approximate surface area is 120 Å². The van der Waals surface area contributed by atoms with Crippen LogP contribution in [0.2, 0.25) is 0 Å². The zero-order valence-electron chi connectivity index (χ0n) is 11.0. The molecule has 0 radical (unpaired) electrons. The summed E-state index contributed by atoms with van der Waals surface area (Å²) in [6.07, 6.45) is 1.59. The van der Waals surface area contributed by atoms with E-state index in [1.807, 2.05) is 0 Å². The van der Waals surface area contributed by atoms with Crippen molar-refractivity contribution in [3.8, 4) is 0 Å². The molecule has 7 heteroatoms. The number of carbonyl (C=O) groups is 3. The molecular formula is C14H13N3O4. The average molecular weight is 287 g/mol. The molecule has 2 aromatic rings. The van der Waals surface area contributed by atoms with Crippen LogP contribution in [0.4, 0.5) is 0 Å². The average Bonchev–Trinajstić information content (AvgIpc) is 2.44. The number of nitrogens with zero attached hydrogens (tertiary/aromatic N) is 2. The van der Waals surface area contributed by atoms with Crippen molar-refractivity contribution in [3.63, 3.8) is 0 Å². The number of benzene rings is 1. The highest BCUT2D eigenvalue weighted by Crippen LogP contribution is 2.18. The fourth-order valence-corrected chi connectivity index (χ4v) is 2.01. The number of primary amides is 1. The molecule has 0 bridgehead atoms. The molecule has 2 amide bonds. The first-order chi connectivity index (χ1) is 9.99. The van der Waals surface area contributed by atoms with E-state index in [2.05, 4.69) is 4.98 Å². The summed E-state index contributed by atoms with van der Waals surface area (Å²) in [6.45, 7) is -1.06. The van der Waals surface area contributed by atoms with Crippen molar-refractivity contribution in [2.45, 2.75) is 0 Å². The summed E-state index contributed by atoms with van der Waals surface area (Å²) in [5.41, 5.74) is 5.95. The third kappa shape index (κ3) is 3.33. The minimum absolute atomic E-state index is 0.281. The van der Waals surface area contributed by atoms with Crippen molar-refractivity contribution < 1.29 is 19.5 Å². The number of aliphatic carboxylic acids is 1. The maximum Gasteiger partial charge on any atom is 0.323 e. The predicted octanol–water partition coefficient (Wildman–Crippen LogP) is 0.247. The molecule has 0 unspecified atom stereocenters. The Morgan fingerprint density at radius 2 is 1.90 bits per heavy atom. The maximum absolute atomic E-state index is 12.5. The molecule has 7 nitrogen and oxygen atoms in total. The number of carbonyl (C=O) groups excluding carboxylic acids is 2. The Kier molecular flexibility index (Phi) is 4.13. The van der Waals surface area contributed by atoms with Crippen LogP contribution < -0.4 is 5.73 Å². The lowest BCUT2D eigenvalue weighted by Gasteiger charge is -2.19. The zero-order valence-corrected chi connectivity index (χ0v) is 11.0. The minimum atomic E-state index is -1.22. The Morgan fingerprint density at radius 3 is 2.57 bits per heavy atom. The molecule has 0 aliphatic rings. The smallest absolute Gasteiger partial charge is 0.323 e. The number of rotatable bonds is 5. The monoisotopic (exact) mass is 287 g/mol. The molecule has 0 aliphatic carbocycles. The standard InChI is InChI=1S/C14H13N3O4/c15-12(18)7-17(8-13(19)20)14(21)10-3-1-5-11-9(10)4-2-6-16-11/h1-6H,7-8H2,(H2,15,18)(H,19,20). The maximum atomic E-state index is 12.5. The summed E-state index contributed by atoms with van der Waals surface area (Å²) < 4.78 is 0. The molecule has 1 aromatic carbocycles. The Balaban J connectivity index is 2.42. The minimum Gasteiger partial charge on any atom is -0.480 e. The van der Waals surface area contributed by atoms with Gasteiger partial charge in [-0.1, -0.05) is 12.1 Å². The molecule has 1 heterocycles. The number of hydrogen-bond donors (Lipinski definition) is 2. The topological polar surface area (TPSA) is 114 Å². The van der Waals surface area contributed by atoms with Crippen molar-refractivity contribution in [2.75, 3.05) is 13.1 Å². The molecule has 108 valence electrons. The first-order valence-corrected chi connectivity index (χ1v) is 6.12. The summed E-state index contributed by atoms with van der Waals surface area (Å²) in [4.78, 5) is 39.3. The second-order valence-corrected chi connectivity index (χ2v) is 4.40. The van der Waals surface area contributed by atoms with Gasteiger partial charge in [-0.3, -0.25) is 19.4 Å². The second kappa shape index (κ2) is 6.00. The third-order valence-corrected chi connectivity index (χ3v) is 2.84. The van der Waals surface area contributed by atoms with Gasteiger partial charge < -0.3 is 15.7 Å². The quantitative estimate of drug-likeness (QED) is 0.818. The van der Waals surface area contributed by atoms with Gasteiger partial charge in [-0.2, -0.15) is 0 Å². The van der Waals surface area contributed by atoms with Crippen LogP contribution in [0.15, 0.2) is 36.5 Å². The highest BCUT2D eigenvalue weighted by atomic mass is 16.4. The van der Waals surface area contributed by atoms with Crippen LogP contribution in [0.5, 0.6) is 0 Å². The van der Waals surface area contributed by atoms with E-state index >= 15 is 0 Å². The van der Waals surface area contributed by atoms with E-state index in [1.165, 1.54) is 0 Å². The molecule has 0 fully saturated rings. The number of fused-ring (bicyclic) bond motifs is 1. The zero-order chi connectivity index (χ0) is 15.4. The van der Waals surface area contributed by atoms with Crippen molar-refractivity contribution >= 4 is 28.7 Å². The summed E-state index contributed by atoms with van der Waals surface area (Å²) in [5, 5.41) is 9.44. The fraction of sp³-hybridized carbons (Fsp3) is 0.143. The lowest BCUT2D eigenvalue weighted by atomic mass is 10.1. The molecule has 0 aliphatic heterocycles. The Hall–Kier alpha value is -2.96. The van der Waals surface area contributed by atoms with E-state index in [0.717, 1.165) is 4.90 Å². The molecule has 1 aromatic heterocycles. The molecule has 0 spiro atoms. The van der Waals surface area contributed by atoms with Gasteiger partial charge in [0, 0.05) is 17.1 Å². The van der Waals surface area contributed by atoms with Crippen LogP contribution in [0.3, 0.4) is 0 Å². The van der Waals surface area contributed by atoms with Crippen molar-refractivity contribution in [1.82, 2.24) is 9.88 Å². The summed E-state index contributed by atoms with van der Waals surface area (Å²) in [5.74, 6) is -2.57.